The molecule has 1 saturated heterocycles. The number of amides is 1. The van der Waals surface area contributed by atoms with Crippen LogP contribution in [0.3, 0.4) is 0 Å². The molecule has 142 valence electrons. The van der Waals surface area contributed by atoms with Crippen molar-refractivity contribution < 1.29 is 19.2 Å². The molecular weight excluding hydrogens is 374 g/mol. The molecule has 2 aromatic carbocycles. The number of rotatable bonds is 5. The molecule has 0 saturated carbocycles. The van der Waals surface area contributed by atoms with E-state index in [1.54, 1.807) is 30.3 Å². The number of nitrogens with zero attached hydrogens (tertiary/aromatic N) is 2. The lowest BCUT2D eigenvalue weighted by Gasteiger charge is -2.28. The molecule has 0 aliphatic carbocycles. The SMILES string of the molecule is COc1cc(NC(=O)c2ccc(N3CCOCC3)c([N+](=O)[O-])c2)ccc1Cl. The number of anilines is 2. The highest BCUT2D eigenvalue weighted by molar-refractivity contribution is 6.32. The zero-order valence-corrected chi connectivity index (χ0v) is 15.4. The number of carbonyl (C=O) groups is 1. The van der Waals surface area contributed by atoms with Crippen LogP contribution in [-0.4, -0.2) is 44.2 Å². The molecule has 1 aliphatic heterocycles. The summed E-state index contributed by atoms with van der Waals surface area (Å²) in [5.74, 6) is -0.0425. The standard InChI is InChI=1S/C18H18ClN3O5/c1-26-17-11-13(3-4-14(17)19)20-18(23)12-2-5-15(16(10-12)22(24)25)21-6-8-27-9-7-21/h2-5,10-11H,6-9H2,1H3,(H,20,23). The minimum atomic E-state index is -0.479. The van der Waals surface area contributed by atoms with Crippen LogP contribution in [0.2, 0.25) is 5.02 Å². The van der Waals surface area contributed by atoms with Crippen LogP contribution in [0.25, 0.3) is 0 Å². The van der Waals surface area contributed by atoms with Crippen molar-refractivity contribution >= 4 is 34.6 Å². The smallest absolute Gasteiger partial charge is 0.293 e. The Kier molecular flexibility index (Phi) is 5.78. The maximum atomic E-state index is 12.5. The van der Waals surface area contributed by atoms with Gasteiger partial charge in [0.15, 0.2) is 0 Å². The van der Waals surface area contributed by atoms with Gasteiger partial charge >= 0.3 is 0 Å². The van der Waals surface area contributed by atoms with Crippen molar-refractivity contribution in [2.45, 2.75) is 0 Å². The van der Waals surface area contributed by atoms with E-state index >= 15 is 0 Å². The van der Waals surface area contributed by atoms with Gasteiger partial charge in [0.25, 0.3) is 11.6 Å². The van der Waals surface area contributed by atoms with E-state index in [2.05, 4.69) is 5.32 Å². The Morgan fingerprint density at radius 1 is 1.26 bits per heavy atom. The van der Waals surface area contributed by atoms with Gasteiger partial charge in [-0.05, 0) is 24.3 Å². The number of benzene rings is 2. The number of nitrogens with one attached hydrogen (secondary N) is 1. The predicted octanol–water partition coefficient (Wildman–Crippen LogP) is 3.35. The van der Waals surface area contributed by atoms with Gasteiger partial charge in [0.05, 0.1) is 30.3 Å². The van der Waals surface area contributed by atoms with Crippen molar-refractivity contribution in [3.8, 4) is 5.75 Å². The van der Waals surface area contributed by atoms with Gasteiger partial charge in [0.2, 0.25) is 0 Å². The Morgan fingerprint density at radius 2 is 2.00 bits per heavy atom. The highest BCUT2D eigenvalue weighted by Gasteiger charge is 2.23. The van der Waals surface area contributed by atoms with Gasteiger partial charge in [-0.3, -0.25) is 14.9 Å². The maximum absolute atomic E-state index is 12.5. The van der Waals surface area contributed by atoms with Crippen LogP contribution in [0.15, 0.2) is 36.4 Å². The van der Waals surface area contributed by atoms with Crippen molar-refractivity contribution in [1.29, 1.82) is 0 Å². The topological polar surface area (TPSA) is 93.9 Å². The number of ether oxygens (including phenoxy) is 2. The molecule has 0 atom stereocenters. The average Bonchev–Trinajstić information content (AvgIpc) is 2.69. The van der Waals surface area contributed by atoms with Crippen LogP contribution in [0.1, 0.15) is 10.4 Å². The lowest BCUT2D eigenvalue weighted by molar-refractivity contribution is -0.384. The fourth-order valence-electron chi connectivity index (χ4n) is 2.82. The third-order valence-electron chi connectivity index (χ3n) is 4.20. The van der Waals surface area contributed by atoms with E-state index in [9.17, 15) is 14.9 Å². The largest absolute Gasteiger partial charge is 0.495 e. The zero-order valence-electron chi connectivity index (χ0n) is 14.6. The summed E-state index contributed by atoms with van der Waals surface area (Å²) in [6.07, 6.45) is 0. The number of methoxy groups -OCH3 is 1. The van der Waals surface area contributed by atoms with Crippen LogP contribution >= 0.6 is 11.6 Å². The van der Waals surface area contributed by atoms with Gasteiger partial charge in [-0.1, -0.05) is 11.6 Å². The van der Waals surface area contributed by atoms with E-state index < -0.39 is 10.8 Å². The minimum absolute atomic E-state index is 0.113. The molecule has 3 rings (SSSR count). The van der Waals surface area contributed by atoms with E-state index in [4.69, 9.17) is 21.1 Å². The summed E-state index contributed by atoms with van der Waals surface area (Å²) in [6, 6.07) is 9.25. The monoisotopic (exact) mass is 391 g/mol. The molecule has 0 spiro atoms. The molecule has 0 radical (unpaired) electrons. The number of nitro groups is 1. The highest BCUT2D eigenvalue weighted by Crippen LogP contribution is 2.31. The first kappa shape index (κ1) is 18.9. The van der Waals surface area contributed by atoms with Crippen LogP contribution in [0.4, 0.5) is 17.1 Å². The lowest BCUT2D eigenvalue weighted by Crippen LogP contribution is -2.36. The van der Waals surface area contributed by atoms with Crippen LogP contribution < -0.4 is 15.0 Å². The molecule has 1 amide bonds. The first-order valence-corrected chi connectivity index (χ1v) is 8.63. The van der Waals surface area contributed by atoms with Crippen molar-refractivity contribution in [3.05, 3.63) is 57.1 Å². The van der Waals surface area contributed by atoms with Gasteiger partial charge in [-0.2, -0.15) is 0 Å². The Morgan fingerprint density at radius 3 is 2.67 bits per heavy atom. The molecule has 2 aromatic rings. The molecule has 1 aliphatic rings. The summed E-state index contributed by atoms with van der Waals surface area (Å²) >= 11 is 5.97. The summed E-state index contributed by atoms with van der Waals surface area (Å²) in [6.45, 7) is 2.16. The Labute approximate surface area is 160 Å². The second-order valence-corrected chi connectivity index (χ2v) is 6.27. The third kappa shape index (κ3) is 4.29. The molecular formula is C18H18ClN3O5. The van der Waals surface area contributed by atoms with Crippen LogP contribution in [0.5, 0.6) is 5.75 Å². The highest BCUT2D eigenvalue weighted by atomic mass is 35.5. The van der Waals surface area contributed by atoms with Crippen molar-refractivity contribution in [2.75, 3.05) is 43.6 Å². The first-order chi connectivity index (χ1) is 13.0. The van der Waals surface area contributed by atoms with Gasteiger partial charge in [0, 0.05) is 36.5 Å². The van der Waals surface area contributed by atoms with Crippen LogP contribution in [0, 0.1) is 10.1 Å². The van der Waals surface area contributed by atoms with E-state index in [0.717, 1.165) is 0 Å². The maximum Gasteiger partial charge on any atom is 0.293 e. The Bertz CT molecular complexity index is 868. The molecule has 9 heteroatoms. The lowest BCUT2D eigenvalue weighted by atomic mass is 10.1. The second kappa shape index (κ2) is 8.24. The Hall–Kier alpha value is -2.84. The predicted molar refractivity (Wildman–Crippen MR) is 102 cm³/mol. The molecule has 8 nitrogen and oxygen atoms in total. The van der Waals surface area contributed by atoms with Gasteiger partial charge in [0.1, 0.15) is 11.4 Å². The third-order valence-corrected chi connectivity index (χ3v) is 4.51. The second-order valence-electron chi connectivity index (χ2n) is 5.86. The number of hydrogen-bond donors (Lipinski definition) is 1. The fourth-order valence-corrected chi connectivity index (χ4v) is 3.02. The number of morpholine rings is 1. The first-order valence-electron chi connectivity index (χ1n) is 8.25. The summed E-state index contributed by atoms with van der Waals surface area (Å²) in [5, 5.41) is 14.6. The van der Waals surface area contributed by atoms with E-state index in [1.807, 2.05) is 4.90 Å². The fraction of sp³-hybridized carbons (Fsp3) is 0.278. The zero-order chi connectivity index (χ0) is 19.4. The van der Waals surface area contributed by atoms with Crippen molar-refractivity contribution in [2.24, 2.45) is 0 Å². The van der Waals surface area contributed by atoms with Crippen molar-refractivity contribution in [1.82, 2.24) is 0 Å². The number of hydrogen-bond acceptors (Lipinski definition) is 6. The summed E-state index contributed by atoms with van der Waals surface area (Å²) in [4.78, 5) is 25.4. The molecule has 0 bridgehead atoms. The van der Waals surface area contributed by atoms with Gasteiger partial charge < -0.3 is 19.7 Å². The van der Waals surface area contributed by atoms with E-state index in [-0.39, 0.29) is 11.3 Å². The van der Waals surface area contributed by atoms with Gasteiger partial charge in [-0.25, -0.2) is 0 Å². The molecule has 1 fully saturated rings. The summed E-state index contributed by atoms with van der Waals surface area (Å²) in [7, 11) is 1.47. The molecule has 1 heterocycles. The molecule has 0 unspecified atom stereocenters. The number of carbonyl (C=O) groups excluding carboxylic acids is 1. The Balaban J connectivity index is 1.84. The molecule has 27 heavy (non-hydrogen) atoms. The van der Waals surface area contributed by atoms with Gasteiger partial charge in [-0.15, -0.1) is 0 Å². The number of halogens is 1. The summed E-state index contributed by atoms with van der Waals surface area (Å²) in [5.41, 5.74) is 1.03. The molecule has 1 N–H and O–H groups in total. The quantitative estimate of drug-likeness (QED) is 0.620. The van der Waals surface area contributed by atoms with Crippen LogP contribution in [-0.2, 0) is 4.74 Å². The van der Waals surface area contributed by atoms with E-state index in [1.165, 1.54) is 13.2 Å². The summed E-state index contributed by atoms with van der Waals surface area (Å²) < 4.78 is 10.4. The molecule has 0 aromatic heterocycles. The number of nitro benzene ring substituents is 1. The average molecular weight is 392 g/mol. The van der Waals surface area contributed by atoms with Crippen molar-refractivity contribution in [3.63, 3.8) is 0 Å². The van der Waals surface area contributed by atoms with E-state index in [0.29, 0.717) is 48.5 Å². The normalized spacial score (nSPS) is 13.9. The minimum Gasteiger partial charge on any atom is -0.495 e.